The first-order valence-electron chi connectivity index (χ1n) is 10.6. The summed E-state index contributed by atoms with van der Waals surface area (Å²) in [6, 6.07) is 14.6. The van der Waals surface area contributed by atoms with E-state index in [0.29, 0.717) is 18.7 Å². The number of carbonyl (C=O) groups is 2. The number of rotatable bonds is 9. The summed E-state index contributed by atoms with van der Waals surface area (Å²) in [6.45, 7) is 8.49. The lowest BCUT2D eigenvalue weighted by Crippen LogP contribution is -2.49. The summed E-state index contributed by atoms with van der Waals surface area (Å²) in [5.74, 6) is 0.922. The highest BCUT2D eigenvalue weighted by Gasteiger charge is 2.28. The molecule has 2 aromatic rings. The van der Waals surface area contributed by atoms with Gasteiger partial charge in [0, 0.05) is 13.6 Å². The minimum absolute atomic E-state index is 0.0470. The first kappa shape index (κ1) is 24.3. The molecule has 0 bridgehead atoms. The predicted molar refractivity (Wildman–Crippen MR) is 122 cm³/mol. The molecule has 0 aliphatic rings. The third-order valence-corrected chi connectivity index (χ3v) is 5.23. The number of ether oxygens (including phenoxy) is 2. The quantitative estimate of drug-likeness (QED) is 0.660. The van der Waals surface area contributed by atoms with Crippen LogP contribution in [0.15, 0.2) is 48.5 Å². The van der Waals surface area contributed by atoms with Gasteiger partial charge in [-0.1, -0.05) is 52.0 Å². The highest BCUT2D eigenvalue weighted by Crippen LogP contribution is 2.24. The van der Waals surface area contributed by atoms with Crippen molar-refractivity contribution in [2.24, 2.45) is 0 Å². The van der Waals surface area contributed by atoms with Gasteiger partial charge in [0.15, 0.2) is 6.61 Å². The van der Waals surface area contributed by atoms with E-state index >= 15 is 0 Å². The lowest BCUT2D eigenvalue weighted by molar-refractivity contribution is -0.142. The molecule has 0 saturated carbocycles. The van der Waals surface area contributed by atoms with Crippen LogP contribution in [0.5, 0.6) is 11.5 Å². The summed E-state index contributed by atoms with van der Waals surface area (Å²) < 4.78 is 11.0. The Hall–Kier alpha value is -3.02. The summed E-state index contributed by atoms with van der Waals surface area (Å²) in [5, 5.41) is 2.66. The first-order chi connectivity index (χ1) is 14.7. The highest BCUT2D eigenvalue weighted by molar-refractivity contribution is 5.88. The van der Waals surface area contributed by atoms with Crippen molar-refractivity contribution in [1.29, 1.82) is 0 Å². The van der Waals surface area contributed by atoms with Crippen molar-refractivity contribution in [2.45, 2.75) is 52.1 Å². The molecule has 0 spiro atoms. The first-order valence-corrected chi connectivity index (χ1v) is 10.6. The molecular weight excluding hydrogens is 392 g/mol. The maximum Gasteiger partial charge on any atom is 0.261 e. The Morgan fingerprint density at radius 3 is 2.06 bits per heavy atom. The molecule has 0 aromatic heterocycles. The van der Waals surface area contributed by atoms with Crippen molar-refractivity contribution in [3.8, 4) is 11.5 Å². The summed E-state index contributed by atoms with van der Waals surface area (Å²) in [6.07, 6.45) is 0.502. The van der Waals surface area contributed by atoms with Crippen molar-refractivity contribution >= 4 is 11.8 Å². The molecule has 6 heteroatoms. The van der Waals surface area contributed by atoms with E-state index in [1.54, 1.807) is 19.1 Å². The fraction of sp³-hybridized carbons (Fsp3) is 0.440. The molecule has 0 unspecified atom stereocenters. The number of amides is 2. The van der Waals surface area contributed by atoms with Crippen molar-refractivity contribution in [2.75, 3.05) is 20.8 Å². The van der Waals surface area contributed by atoms with E-state index in [0.717, 1.165) is 11.3 Å². The molecule has 1 N–H and O–H groups in total. The van der Waals surface area contributed by atoms with Gasteiger partial charge < -0.3 is 19.7 Å². The molecule has 31 heavy (non-hydrogen) atoms. The number of hydrogen-bond donors (Lipinski definition) is 1. The molecule has 0 radical (unpaired) electrons. The third-order valence-electron chi connectivity index (χ3n) is 5.23. The van der Waals surface area contributed by atoms with Gasteiger partial charge in [0.25, 0.3) is 5.91 Å². The van der Waals surface area contributed by atoms with Gasteiger partial charge >= 0.3 is 0 Å². The number of nitrogens with zero attached hydrogens (tertiary/aromatic N) is 1. The molecule has 0 heterocycles. The molecule has 0 aliphatic carbocycles. The van der Waals surface area contributed by atoms with E-state index in [1.165, 1.54) is 5.56 Å². The molecule has 2 aromatic carbocycles. The van der Waals surface area contributed by atoms with Gasteiger partial charge in [0.2, 0.25) is 5.91 Å². The van der Waals surface area contributed by atoms with Gasteiger partial charge in [0.1, 0.15) is 17.5 Å². The minimum atomic E-state index is -0.577. The lowest BCUT2D eigenvalue weighted by Gasteiger charge is -2.30. The maximum atomic E-state index is 13.1. The van der Waals surface area contributed by atoms with Crippen LogP contribution >= 0.6 is 0 Å². The zero-order valence-electron chi connectivity index (χ0n) is 19.4. The Morgan fingerprint density at radius 2 is 1.58 bits per heavy atom. The normalized spacial score (nSPS) is 12.1. The fourth-order valence-electron chi connectivity index (χ4n) is 3.29. The summed E-state index contributed by atoms with van der Waals surface area (Å²) in [4.78, 5) is 27.1. The Morgan fingerprint density at radius 1 is 1.00 bits per heavy atom. The Kier molecular flexibility index (Phi) is 8.48. The minimum Gasteiger partial charge on any atom is -0.497 e. The monoisotopic (exact) mass is 426 g/mol. The second-order valence-electron chi connectivity index (χ2n) is 8.47. The lowest BCUT2D eigenvalue weighted by atomic mass is 9.87. The second kappa shape index (κ2) is 10.8. The molecule has 2 rings (SSSR count). The van der Waals surface area contributed by atoms with E-state index in [2.05, 4.69) is 26.1 Å². The van der Waals surface area contributed by atoms with E-state index in [9.17, 15) is 9.59 Å². The summed E-state index contributed by atoms with van der Waals surface area (Å²) in [5.41, 5.74) is 2.15. The van der Waals surface area contributed by atoms with Gasteiger partial charge in [0.05, 0.1) is 7.11 Å². The SMILES string of the molecule is CC[C@H](C(=O)NC)N(Cc1ccc(OC)cc1)C(=O)COc1ccc(C(C)(C)C)cc1. The zero-order valence-corrected chi connectivity index (χ0v) is 19.4. The molecule has 0 fully saturated rings. The van der Waals surface area contributed by atoms with Gasteiger partial charge in [-0.15, -0.1) is 0 Å². The van der Waals surface area contributed by atoms with Crippen molar-refractivity contribution in [3.63, 3.8) is 0 Å². The van der Waals surface area contributed by atoms with Crippen LogP contribution in [-0.2, 0) is 21.5 Å². The standard InChI is InChI=1S/C25H34N2O4/c1-7-22(24(29)26-5)27(16-18-8-12-20(30-6)13-9-18)23(28)17-31-21-14-10-19(11-15-21)25(2,3)4/h8-15,22H,7,16-17H2,1-6H3,(H,26,29)/t22-/m1/s1. The molecule has 6 nitrogen and oxygen atoms in total. The van der Waals surface area contributed by atoms with Gasteiger partial charge in [-0.05, 0) is 47.2 Å². The van der Waals surface area contributed by atoms with E-state index < -0.39 is 6.04 Å². The highest BCUT2D eigenvalue weighted by atomic mass is 16.5. The van der Waals surface area contributed by atoms with Crippen molar-refractivity contribution < 1.29 is 19.1 Å². The van der Waals surface area contributed by atoms with Crippen LogP contribution in [0.2, 0.25) is 0 Å². The summed E-state index contributed by atoms with van der Waals surface area (Å²) >= 11 is 0. The topological polar surface area (TPSA) is 67.9 Å². The average molecular weight is 427 g/mol. The van der Waals surface area contributed by atoms with Gasteiger partial charge in [-0.2, -0.15) is 0 Å². The molecule has 168 valence electrons. The van der Waals surface area contributed by atoms with E-state index in [4.69, 9.17) is 9.47 Å². The number of methoxy groups -OCH3 is 1. The van der Waals surface area contributed by atoms with Gasteiger partial charge in [-0.25, -0.2) is 0 Å². The molecular formula is C25H34N2O4. The largest absolute Gasteiger partial charge is 0.497 e. The van der Waals surface area contributed by atoms with Crippen molar-refractivity contribution in [3.05, 3.63) is 59.7 Å². The van der Waals surface area contributed by atoms with Crippen LogP contribution < -0.4 is 14.8 Å². The summed E-state index contributed by atoms with van der Waals surface area (Å²) in [7, 11) is 3.18. The van der Waals surface area contributed by atoms with Crippen molar-refractivity contribution in [1.82, 2.24) is 10.2 Å². The van der Waals surface area contributed by atoms with E-state index in [1.807, 2.05) is 55.5 Å². The van der Waals surface area contributed by atoms with E-state index in [-0.39, 0.29) is 23.8 Å². The Bertz CT molecular complexity index is 855. The number of benzene rings is 2. The molecule has 1 atom stereocenters. The number of nitrogens with one attached hydrogen (secondary N) is 1. The fourth-order valence-corrected chi connectivity index (χ4v) is 3.29. The van der Waals surface area contributed by atoms with Gasteiger partial charge in [-0.3, -0.25) is 9.59 Å². The van der Waals surface area contributed by atoms with Crippen LogP contribution in [0.3, 0.4) is 0 Å². The van der Waals surface area contributed by atoms with Crippen LogP contribution in [0, 0.1) is 0 Å². The predicted octanol–water partition coefficient (Wildman–Crippen LogP) is 3.92. The van der Waals surface area contributed by atoms with Crippen LogP contribution in [0.1, 0.15) is 45.2 Å². The van der Waals surface area contributed by atoms with Crippen LogP contribution in [-0.4, -0.2) is 43.5 Å². The molecule has 0 aliphatic heterocycles. The Balaban J connectivity index is 2.15. The number of carbonyl (C=O) groups excluding carboxylic acids is 2. The molecule has 2 amide bonds. The van der Waals surface area contributed by atoms with Crippen LogP contribution in [0.4, 0.5) is 0 Å². The molecule has 0 saturated heterocycles. The number of hydrogen-bond acceptors (Lipinski definition) is 4. The zero-order chi connectivity index (χ0) is 23.0. The number of likely N-dealkylation sites (N-methyl/N-ethyl adjacent to an activating group) is 1. The van der Waals surface area contributed by atoms with Crippen LogP contribution in [0.25, 0.3) is 0 Å². The third kappa shape index (κ3) is 6.74. The second-order valence-corrected chi connectivity index (χ2v) is 8.47. The Labute approximate surface area is 185 Å². The average Bonchev–Trinajstić information content (AvgIpc) is 2.77. The smallest absolute Gasteiger partial charge is 0.261 e. The maximum absolute atomic E-state index is 13.1.